The van der Waals surface area contributed by atoms with Crippen molar-refractivity contribution in [2.45, 2.75) is 19.2 Å². The number of ether oxygens (including phenoxy) is 1. The molecule has 32 heavy (non-hydrogen) atoms. The van der Waals surface area contributed by atoms with Gasteiger partial charge >= 0.3 is 0 Å². The number of fused-ring (bicyclic) bond motifs is 1. The van der Waals surface area contributed by atoms with Crippen LogP contribution in [0, 0.1) is 17.5 Å². The lowest BCUT2D eigenvalue weighted by atomic mass is 9.96. The Hall–Kier alpha value is -3.42. The molecule has 0 saturated heterocycles. The van der Waals surface area contributed by atoms with Gasteiger partial charge in [-0.1, -0.05) is 24.3 Å². The van der Waals surface area contributed by atoms with Crippen molar-refractivity contribution < 1.29 is 23.0 Å². The average Bonchev–Trinajstić information content (AvgIpc) is 2.81. The minimum Gasteiger partial charge on any atom is -0.497 e. The summed E-state index contributed by atoms with van der Waals surface area (Å²) >= 11 is 0. The maximum atomic E-state index is 13.9. The number of methoxy groups -OCH3 is 1. The predicted molar refractivity (Wildman–Crippen MR) is 117 cm³/mol. The highest BCUT2D eigenvalue weighted by molar-refractivity contribution is 5.98. The maximum Gasteiger partial charge on any atom is 0.161 e. The molecule has 4 nitrogen and oxygen atoms in total. The fourth-order valence-electron chi connectivity index (χ4n) is 3.67. The van der Waals surface area contributed by atoms with E-state index >= 15 is 0 Å². The van der Waals surface area contributed by atoms with E-state index in [0.717, 1.165) is 39.3 Å². The summed E-state index contributed by atoms with van der Waals surface area (Å²) in [4.78, 5) is 4.22. The number of halogens is 3. The van der Waals surface area contributed by atoms with Crippen LogP contribution in [0.15, 0.2) is 67.0 Å². The first-order chi connectivity index (χ1) is 15.5. The lowest BCUT2D eigenvalue weighted by molar-refractivity contribution is 0.134. The van der Waals surface area contributed by atoms with E-state index in [1.165, 1.54) is 0 Å². The molecule has 0 amide bonds. The number of aliphatic hydroxyl groups excluding tert-OH is 1. The number of hydrogen-bond acceptors (Lipinski definition) is 4. The van der Waals surface area contributed by atoms with Crippen LogP contribution in [0.1, 0.15) is 11.1 Å². The molecule has 0 fully saturated rings. The minimum absolute atomic E-state index is 0.108. The SMILES string of the molecule is COc1cccc(-c2ccc(CNC(O)Cc3cc(F)c(F)cc3F)c3cnccc23)c1. The van der Waals surface area contributed by atoms with Gasteiger partial charge in [0.15, 0.2) is 11.6 Å². The van der Waals surface area contributed by atoms with Crippen molar-refractivity contribution in [1.82, 2.24) is 10.3 Å². The van der Waals surface area contributed by atoms with Crippen LogP contribution in [0.5, 0.6) is 5.75 Å². The van der Waals surface area contributed by atoms with Crippen LogP contribution in [-0.2, 0) is 13.0 Å². The molecule has 1 atom stereocenters. The molecule has 0 aliphatic heterocycles. The average molecular weight is 438 g/mol. The number of hydrogen-bond donors (Lipinski definition) is 2. The van der Waals surface area contributed by atoms with Gasteiger partial charge in [-0.05, 0) is 51.9 Å². The van der Waals surface area contributed by atoms with E-state index in [1.807, 2.05) is 42.5 Å². The third kappa shape index (κ3) is 4.59. The highest BCUT2D eigenvalue weighted by atomic mass is 19.2. The zero-order valence-corrected chi connectivity index (χ0v) is 17.3. The molecule has 1 heterocycles. The number of rotatable bonds is 7. The molecule has 7 heteroatoms. The van der Waals surface area contributed by atoms with Crippen LogP contribution in [0.3, 0.4) is 0 Å². The molecule has 4 aromatic rings. The predicted octanol–water partition coefficient (Wildman–Crippen LogP) is 4.98. The Morgan fingerprint density at radius 2 is 1.75 bits per heavy atom. The van der Waals surface area contributed by atoms with E-state index in [-0.39, 0.29) is 18.5 Å². The molecule has 3 aromatic carbocycles. The van der Waals surface area contributed by atoms with Gasteiger partial charge in [0, 0.05) is 36.8 Å². The number of nitrogens with zero attached hydrogens (tertiary/aromatic N) is 1. The van der Waals surface area contributed by atoms with Crippen molar-refractivity contribution in [2.75, 3.05) is 7.11 Å². The fourth-order valence-corrected chi connectivity index (χ4v) is 3.67. The van der Waals surface area contributed by atoms with Crippen LogP contribution < -0.4 is 10.1 Å². The Labute approximate surface area is 183 Å². The molecular weight excluding hydrogens is 417 g/mol. The fraction of sp³-hybridized carbons (Fsp3) is 0.160. The van der Waals surface area contributed by atoms with Crippen LogP contribution in [0.25, 0.3) is 21.9 Å². The Bertz CT molecular complexity index is 1260. The van der Waals surface area contributed by atoms with E-state index in [2.05, 4.69) is 10.3 Å². The van der Waals surface area contributed by atoms with Crippen molar-refractivity contribution >= 4 is 10.8 Å². The Morgan fingerprint density at radius 1 is 0.938 bits per heavy atom. The standard InChI is InChI=1S/C25H21F3N2O2/c1-32-18-4-2-3-15(9-18)19-6-5-16(21-14-29-8-7-20(19)21)13-30-25(31)11-17-10-23(27)24(28)12-22(17)26/h2-10,12,14,25,30-31H,11,13H2,1H3. The van der Waals surface area contributed by atoms with Crippen LogP contribution in [-0.4, -0.2) is 23.4 Å². The molecule has 1 unspecified atom stereocenters. The summed E-state index contributed by atoms with van der Waals surface area (Å²) < 4.78 is 45.7. The van der Waals surface area contributed by atoms with E-state index < -0.39 is 23.7 Å². The summed E-state index contributed by atoms with van der Waals surface area (Å²) in [5, 5.41) is 15.1. The van der Waals surface area contributed by atoms with Crippen molar-refractivity contribution in [3.63, 3.8) is 0 Å². The first-order valence-corrected chi connectivity index (χ1v) is 10.0. The number of benzene rings is 3. The third-order valence-electron chi connectivity index (χ3n) is 5.32. The van der Waals surface area contributed by atoms with Crippen molar-refractivity contribution in [1.29, 1.82) is 0 Å². The van der Waals surface area contributed by atoms with Crippen LogP contribution in [0.4, 0.5) is 13.2 Å². The minimum atomic E-state index is -1.26. The first-order valence-electron chi connectivity index (χ1n) is 10.0. The molecule has 0 bridgehead atoms. The summed E-state index contributed by atoms with van der Waals surface area (Å²) in [5.41, 5.74) is 2.77. The second-order valence-electron chi connectivity index (χ2n) is 7.38. The molecule has 0 aliphatic rings. The molecule has 0 aliphatic carbocycles. The second-order valence-corrected chi connectivity index (χ2v) is 7.38. The van der Waals surface area contributed by atoms with Crippen molar-refractivity contribution in [3.8, 4) is 16.9 Å². The lowest BCUT2D eigenvalue weighted by Crippen LogP contribution is -2.30. The van der Waals surface area contributed by atoms with Gasteiger partial charge in [0.1, 0.15) is 17.8 Å². The third-order valence-corrected chi connectivity index (χ3v) is 5.32. The largest absolute Gasteiger partial charge is 0.497 e. The summed E-state index contributed by atoms with van der Waals surface area (Å²) in [6.45, 7) is 0.271. The quantitative estimate of drug-likeness (QED) is 0.316. The molecule has 1 aromatic heterocycles. The van der Waals surface area contributed by atoms with Gasteiger partial charge in [-0.15, -0.1) is 0 Å². The number of pyridine rings is 1. The molecular formula is C25H21F3N2O2. The highest BCUT2D eigenvalue weighted by Crippen LogP contribution is 2.32. The number of nitrogens with one attached hydrogen (secondary N) is 1. The van der Waals surface area contributed by atoms with Gasteiger partial charge in [-0.2, -0.15) is 0 Å². The summed E-state index contributed by atoms with van der Waals surface area (Å²) in [7, 11) is 1.62. The van der Waals surface area contributed by atoms with Crippen molar-refractivity contribution in [3.05, 3.63) is 95.6 Å². The van der Waals surface area contributed by atoms with Gasteiger partial charge < -0.3 is 9.84 Å². The topological polar surface area (TPSA) is 54.4 Å². The summed E-state index contributed by atoms with van der Waals surface area (Å²) in [6, 6.07) is 14.8. The highest BCUT2D eigenvalue weighted by Gasteiger charge is 2.15. The van der Waals surface area contributed by atoms with Gasteiger partial charge in [0.25, 0.3) is 0 Å². The van der Waals surface area contributed by atoms with Gasteiger partial charge in [-0.25, -0.2) is 13.2 Å². The maximum absolute atomic E-state index is 13.9. The zero-order valence-electron chi connectivity index (χ0n) is 17.3. The molecule has 0 saturated carbocycles. The monoisotopic (exact) mass is 438 g/mol. The molecule has 2 N–H and O–H groups in total. The summed E-state index contributed by atoms with van der Waals surface area (Å²) in [5.74, 6) is -2.56. The van der Waals surface area contributed by atoms with Gasteiger partial charge in [-0.3, -0.25) is 10.3 Å². The van der Waals surface area contributed by atoms with Crippen LogP contribution in [0.2, 0.25) is 0 Å². The zero-order chi connectivity index (χ0) is 22.7. The van der Waals surface area contributed by atoms with E-state index in [9.17, 15) is 18.3 Å². The summed E-state index contributed by atoms with van der Waals surface area (Å²) in [6.07, 6.45) is 2.10. The first kappa shape index (κ1) is 21.8. The van der Waals surface area contributed by atoms with Crippen molar-refractivity contribution in [2.24, 2.45) is 0 Å². The molecule has 4 rings (SSSR count). The molecule has 164 valence electrons. The van der Waals surface area contributed by atoms with Gasteiger partial charge in [0.05, 0.1) is 7.11 Å². The smallest absolute Gasteiger partial charge is 0.161 e. The Morgan fingerprint density at radius 3 is 2.56 bits per heavy atom. The number of aliphatic hydroxyl groups is 1. The second kappa shape index (κ2) is 9.38. The van der Waals surface area contributed by atoms with E-state index in [0.29, 0.717) is 6.07 Å². The van der Waals surface area contributed by atoms with E-state index in [4.69, 9.17) is 4.74 Å². The lowest BCUT2D eigenvalue weighted by Gasteiger charge is -2.16. The molecule has 0 spiro atoms. The number of aromatic nitrogens is 1. The van der Waals surface area contributed by atoms with Crippen LogP contribution >= 0.6 is 0 Å². The Balaban J connectivity index is 1.56. The molecule has 0 radical (unpaired) electrons. The van der Waals surface area contributed by atoms with Gasteiger partial charge in [0.2, 0.25) is 0 Å². The Kier molecular flexibility index (Phi) is 6.39. The normalized spacial score (nSPS) is 12.2. The van der Waals surface area contributed by atoms with E-state index in [1.54, 1.807) is 19.5 Å².